The predicted molar refractivity (Wildman–Crippen MR) is 167 cm³/mol. The molecule has 4 aromatic rings. The first-order valence-electron chi connectivity index (χ1n) is 13.5. The highest BCUT2D eigenvalue weighted by atomic mass is 32.2. The minimum absolute atomic E-state index is 0.150. The second-order valence-electron chi connectivity index (χ2n) is 9.66. The molecule has 0 saturated carbocycles. The van der Waals surface area contributed by atoms with Crippen molar-refractivity contribution in [1.29, 1.82) is 0 Å². The predicted octanol–water partition coefficient (Wildman–Crippen LogP) is 4.54. The van der Waals surface area contributed by atoms with Crippen molar-refractivity contribution in [2.45, 2.75) is 10.5 Å². The molecule has 2 atom stereocenters. The van der Waals surface area contributed by atoms with Crippen LogP contribution in [0.5, 0.6) is 0 Å². The van der Waals surface area contributed by atoms with Crippen molar-refractivity contribution in [3.8, 4) is 0 Å². The Bertz CT molecular complexity index is 1570. The molecule has 0 bridgehead atoms. The van der Waals surface area contributed by atoms with Crippen LogP contribution in [0.3, 0.4) is 0 Å². The van der Waals surface area contributed by atoms with Crippen LogP contribution in [0.1, 0.15) is 32.8 Å². The van der Waals surface area contributed by atoms with E-state index in [-0.39, 0.29) is 48.7 Å². The fraction of sp³-hybridized carbons (Fsp3) is 0.200. The van der Waals surface area contributed by atoms with Gasteiger partial charge in [0.15, 0.2) is 9.84 Å². The van der Waals surface area contributed by atoms with Gasteiger partial charge in [0.1, 0.15) is 10.5 Å². The molecule has 0 spiro atoms. The summed E-state index contributed by atoms with van der Waals surface area (Å²) in [4.78, 5) is 22.5. The number of nitrogens with one attached hydrogen (secondary N) is 2. The van der Waals surface area contributed by atoms with Gasteiger partial charge in [-0.25, -0.2) is 8.42 Å². The number of nitrogens with two attached hydrogens (primary N) is 2. The lowest BCUT2D eigenvalue weighted by atomic mass is 10.0. The van der Waals surface area contributed by atoms with Crippen molar-refractivity contribution < 1.29 is 18.3 Å². The summed E-state index contributed by atoms with van der Waals surface area (Å²) >= 11 is 0. The molecule has 0 aliphatic heterocycles. The fourth-order valence-electron chi connectivity index (χ4n) is 4.98. The number of nitro benzene ring substituents is 2. The Hall–Kier alpha value is -4.85. The normalized spacial score (nSPS) is 12.7. The monoisotopic (exact) mass is 604 g/mol. The summed E-state index contributed by atoms with van der Waals surface area (Å²) in [5.74, 6) is 0. The maximum absolute atomic E-state index is 15.2. The van der Waals surface area contributed by atoms with E-state index < -0.39 is 30.2 Å². The number of sulfone groups is 1. The van der Waals surface area contributed by atoms with Gasteiger partial charge in [-0.3, -0.25) is 20.2 Å². The molecule has 13 heteroatoms. The fourth-order valence-corrected chi connectivity index (χ4v) is 7.42. The summed E-state index contributed by atoms with van der Waals surface area (Å²) in [6.45, 7) is 1.03. The Morgan fingerprint density at radius 3 is 1.33 bits per heavy atom. The van der Waals surface area contributed by atoms with Crippen LogP contribution in [0.15, 0.2) is 97.1 Å². The molecule has 4 aromatic carbocycles. The molecule has 0 aliphatic rings. The highest BCUT2D eigenvalue weighted by Crippen LogP contribution is 2.47. The summed E-state index contributed by atoms with van der Waals surface area (Å²) in [5.41, 5.74) is 12.6. The maximum atomic E-state index is 15.2. The van der Waals surface area contributed by atoms with Gasteiger partial charge in [-0.1, -0.05) is 60.7 Å². The molecule has 0 radical (unpaired) electrons. The average Bonchev–Trinajstić information content (AvgIpc) is 3.00. The number of nitrogens with zero attached hydrogens (tertiary/aromatic N) is 2. The first kappa shape index (κ1) is 31.1. The number of benzene rings is 4. The van der Waals surface area contributed by atoms with Gasteiger partial charge < -0.3 is 22.1 Å². The highest BCUT2D eigenvalue weighted by Gasteiger charge is 2.41. The molecule has 0 saturated heterocycles. The Morgan fingerprint density at radius 1 is 0.628 bits per heavy atom. The minimum Gasteiger partial charge on any atom is -0.384 e. The van der Waals surface area contributed by atoms with Crippen molar-refractivity contribution in [2.24, 2.45) is 11.5 Å². The van der Waals surface area contributed by atoms with Crippen molar-refractivity contribution in [1.82, 2.24) is 0 Å². The average molecular weight is 605 g/mol. The molecule has 224 valence electrons. The molecule has 0 aliphatic carbocycles. The summed E-state index contributed by atoms with van der Waals surface area (Å²) in [5, 5.41) is 27.1. The number of rotatable bonds is 14. The van der Waals surface area contributed by atoms with E-state index >= 15 is 8.42 Å². The summed E-state index contributed by atoms with van der Waals surface area (Å²) in [6, 6.07) is 24.8. The van der Waals surface area contributed by atoms with Crippen LogP contribution in [0.2, 0.25) is 0 Å². The third-order valence-electron chi connectivity index (χ3n) is 6.84. The van der Waals surface area contributed by atoms with Gasteiger partial charge in [0, 0.05) is 72.9 Å². The zero-order valence-corrected chi connectivity index (χ0v) is 23.9. The second-order valence-corrected chi connectivity index (χ2v) is 11.8. The second kappa shape index (κ2) is 13.9. The topological polar surface area (TPSA) is 197 Å². The van der Waals surface area contributed by atoms with Crippen molar-refractivity contribution >= 4 is 32.6 Å². The van der Waals surface area contributed by atoms with E-state index in [1.54, 1.807) is 60.7 Å². The number of non-ortho nitro benzene ring substituents is 2. The largest absolute Gasteiger partial charge is 0.384 e. The quantitative estimate of drug-likeness (QED) is 0.117. The van der Waals surface area contributed by atoms with E-state index in [9.17, 15) is 20.2 Å². The lowest BCUT2D eigenvalue weighted by molar-refractivity contribution is -0.385. The number of hydrogen-bond acceptors (Lipinski definition) is 10. The Morgan fingerprint density at radius 2 is 1.00 bits per heavy atom. The highest BCUT2D eigenvalue weighted by molar-refractivity contribution is 7.92. The van der Waals surface area contributed by atoms with Crippen LogP contribution in [0.25, 0.3) is 0 Å². The van der Waals surface area contributed by atoms with Crippen LogP contribution in [-0.2, 0) is 9.84 Å². The van der Waals surface area contributed by atoms with Gasteiger partial charge in [-0.05, 0) is 23.3 Å². The molecular formula is C30H32N6O6S. The van der Waals surface area contributed by atoms with E-state index in [4.69, 9.17) is 11.5 Å². The van der Waals surface area contributed by atoms with Crippen LogP contribution >= 0.6 is 0 Å². The Kier molecular flexibility index (Phi) is 10.0. The third kappa shape index (κ3) is 6.97. The molecule has 6 N–H and O–H groups in total. The third-order valence-corrected chi connectivity index (χ3v) is 9.20. The molecule has 12 nitrogen and oxygen atoms in total. The van der Waals surface area contributed by atoms with Crippen molar-refractivity contribution in [2.75, 3.05) is 36.8 Å². The summed E-state index contributed by atoms with van der Waals surface area (Å²) in [7, 11) is -4.44. The molecule has 4 rings (SSSR count). The van der Waals surface area contributed by atoms with Crippen molar-refractivity contribution in [3.05, 3.63) is 140 Å². The zero-order chi connectivity index (χ0) is 31.0. The van der Waals surface area contributed by atoms with Gasteiger partial charge in [0.2, 0.25) is 0 Å². The van der Waals surface area contributed by atoms with E-state index in [0.717, 1.165) is 0 Å². The molecule has 0 fully saturated rings. The van der Waals surface area contributed by atoms with Crippen LogP contribution < -0.4 is 22.1 Å². The van der Waals surface area contributed by atoms with Crippen LogP contribution in [0.4, 0.5) is 22.7 Å². The molecule has 0 aromatic heterocycles. The number of nitro groups is 2. The minimum atomic E-state index is -4.44. The SMILES string of the molecule is NCCNc1ccc([N+](=O)[O-])cc1C(c1ccccc1)S(=O)(=O)C(c1ccccc1)c1cc([N+](=O)[O-])ccc1NCCN. The first-order chi connectivity index (χ1) is 20.7. The van der Waals surface area contributed by atoms with Crippen molar-refractivity contribution in [3.63, 3.8) is 0 Å². The standard InChI is InChI=1S/C30H32N6O6S/c31-15-17-33-27-13-11-23(35(37)38)19-25(27)29(21-7-3-1-4-8-21)43(41,42)30(22-9-5-2-6-10-22)26-20-24(36(39)40)12-14-28(26)34-18-16-32/h1-14,19-20,29-30,33-34H,15-18,31-32H2. The van der Waals surface area contributed by atoms with E-state index in [1.165, 1.54) is 36.4 Å². The van der Waals surface area contributed by atoms with Gasteiger partial charge >= 0.3 is 0 Å². The Labute approximate surface area is 249 Å². The van der Waals surface area contributed by atoms with E-state index in [1.807, 2.05) is 0 Å². The van der Waals surface area contributed by atoms with Gasteiger partial charge in [0.25, 0.3) is 11.4 Å². The molecular weight excluding hydrogens is 572 g/mol. The first-order valence-corrected chi connectivity index (χ1v) is 15.1. The number of anilines is 2. The maximum Gasteiger partial charge on any atom is 0.269 e. The smallest absolute Gasteiger partial charge is 0.269 e. The molecule has 2 unspecified atom stereocenters. The van der Waals surface area contributed by atoms with Gasteiger partial charge in [0.05, 0.1) is 9.85 Å². The molecule has 0 amide bonds. The van der Waals surface area contributed by atoms with E-state index in [2.05, 4.69) is 10.6 Å². The summed E-state index contributed by atoms with van der Waals surface area (Å²) < 4.78 is 30.4. The van der Waals surface area contributed by atoms with E-state index in [0.29, 0.717) is 22.5 Å². The number of hydrogen-bond donors (Lipinski definition) is 4. The molecule has 43 heavy (non-hydrogen) atoms. The summed E-state index contributed by atoms with van der Waals surface area (Å²) in [6.07, 6.45) is 0. The Balaban J connectivity index is 2.08. The van der Waals surface area contributed by atoms with Crippen LogP contribution in [-0.4, -0.2) is 44.4 Å². The van der Waals surface area contributed by atoms with Gasteiger partial charge in [-0.2, -0.15) is 0 Å². The van der Waals surface area contributed by atoms with Crippen LogP contribution in [0, 0.1) is 20.2 Å². The lowest BCUT2D eigenvalue weighted by Gasteiger charge is -2.29. The molecule has 0 heterocycles. The zero-order valence-electron chi connectivity index (χ0n) is 23.1. The van der Waals surface area contributed by atoms with Gasteiger partial charge in [-0.15, -0.1) is 0 Å². The lowest BCUT2D eigenvalue weighted by Crippen LogP contribution is -2.26.